The first-order chi connectivity index (χ1) is 11.5. The number of hydrogen-bond donors (Lipinski definition) is 2. The molecule has 0 saturated carbocycles. The minimum Gasteiger partial charge on any atom is -0.497 e. The van der Waals surface area contributed by atoms with Gasteiger partial charge in [0.15, 0.2) is 6.04 Å². The average molecular weight is 348 g/mol. The number of carbonyl (C=O) groups excluding carboxylic acids is 1. The van der Waals surface area contributed by atoms with Crippen molar-refractivity contribution in [3.63, 3.8) is 0 Å². The van der Waals surface area contributed by atoms with Crippen molar-refractivity contribution in [1.82, 2.24) is 0 Å². The Kier molecular flexibility index (Phi) is 6.64. The van der Waals surface area contributed by atoms with Gasteiger partial charge in [0.1, 0.15) is 11.8 Å². The summed E-state index contributed by atoms with van der Waals surface area (Å²) < 4.78 is 5.19. The minimum absolute atomic E-state index is 0.0238. The first kappa shape index (κ1) is 18.3. The van der Waals surface area contributed by atoms with Gasteiger partial charge in [-0.3, -0.25) is 4.79 Å². The standard InChI is InChI=1S/C19H23ClN2O2/c1-4-18(14-5-11-17(24-3)12-6-14)21-13(2)19(23)22-16-9-7-15(20)8-10-16/h5-13,18,21H,4H2,1-3H3,(H,22,23)/p+1/t13-,18-/m0/s1. The zero-order chi connectivity index (χ0) is 17.5. The molecule has 0 aliphatic carbocycles. The Labute approximate surface area is 148 Å². The summed E-state index contributed by atoms with van der Waals surface area (Å²) in [5.41, 5.74) is 1.94. The quantitative estimate of drug-likeness (QED) is 0.806. The predicted molar refractivity (Wildman–Crippen MR) is 97.5 cm³/mol. The van der Waals surface area contributed by atoms with E-state index in [4.69, 9.17) is 16.3 Å². The smallest absolute Gasteiger partial charge is 0.282 e. The molecular formula is C19H24ClN2O2+. The number of hydrogen-bond acceptors (Lipinski definition) is 2. The van der Waals surface area contributed by atoms with Gasteiger partial charge in [0.2, 0.25) is 0 Å². The number of rotatable bonds is 7. The van der Waals surface area contributed by atoms with E-state index in [1.165, 1.54) is 5.56 Å². The van der Waals surface area contributed by atoms with Crippen molar-refractivity contribution in [1.29, 1.82) is 0 Å². The van der Waals surface area contributed by atoms with Crippen LogP contribution in [-0.4, -0.2) is 19.1 Å². The van der Waals surface area contributed by atoms with E-state index in [2.05, 4.69) is 17.6 Å². The summed E-state index contributed by atoms with van der Waals surface area (Å²) in [6.45, 7) is 4.03. The topological polar surface area (TPSA) is 54.9 Å². The van der Waals surface area contributed by atoms with Crippen LogP contribution in [0.15, 0.2) is 48.5 Å². The lowest BCUT2D eigenvalue weighted by molar-refractivity contribution is -0.713. The van der Waals surface area contributed by atoms with E-state index in [0.717, 1.165) is 17.9 Å². The van der Waals surface area contributed by atoms with Crippen molar-refractivity contribution in [2.45, 2.75) is 32.4 Å². The predicted octanol–water partition coefficient (Wildman–Crippen LogP) is 3.39. The van der Waals surface area contributed by atoms with Crippen LogP contribution in [0.1, 0.15) is 31.9 Å². The Balaban J connectivity index is 1.98. The lowest BCUT2D eigenvalue weighted by Crippen LogP contribution is -2.92. The summed E-state index contributed by atoms with van der Waals surface area (Å²) in [6, 6.07) is 15.1. The molecule has 0 heterocycles. The van der Waals surface area contributed by atoms with Crippen LogP contribution in [0.3, 0.4) is 0 Å². The Morgan fingerprint density at radius 3 is 2.33 bits per heavy atom. The Bertz CT molecular complexity index is 656. The summed E-state index contributed by atoms with van der Waals surface area (Å²) in [4.78, 5) is 12.4. The van der Waals surface area contributed by atoms with Gasteiger partial charge < -0.3 is 15.4 Å². The maximum Gasteiger partial charge on any atom is 0.282 e. The van der Waals surface area contributed by atoms with Gasteiger partial charge in [-0.15, -0.1) is 0 Å². The molecule has 0 aromatic heterocycles. The van der Waals surface area contributed by atoms with E-state index >= 15 is 0 Å². The largest absolute Gasteiger partial charge is 0.497 e. The van der Waals surface area contributed by atoms with E-state index in [0.29, 0.717) is 5.02 Å². The molecule has 0 bridgehead atoms. The maximum atomic E-state index is 12.4. The first-order valence-electron chi connectivity index (χ1n) is 8.08. The summed E-state index contributed by atoms with van der Waals surface area (Å²) in [5.74, 6) is 0.811. The third-order valence-electron chi connectivity index (χ3n) is 4.03. The molecule has 0 spiro atoms. The van der Waals surface area contributed by atoms with Crippen LogP contribution < -0.4 is 15.4 Å². The molecule has 24 heavy (non-hydrogen) atoms. The highest BCUT2D eigenvalue weighted by molar-refractivity contribution is 6.30. The lowest BCUT2D eigenvalue weighted by atomic mass is 10.0. The van der Waals surface area contributed by atoms with Crippen molar-refractivity contribution < 1.29 is 14.8 Å². The van der Waals surface area contributed by atoms with Gasteiger partial charge in [-0.05, 0) is 55.5 Å². The molecule has 0 fully saturated rings. The molecule has 128 valence electrons. The molecule has 0 radical (unpaired) electrons. The molecule has 0 unspecified atom stereocenters. The van der Waals surface area contributed by atoms with E-state index in [1.807, 2.05) is 31.2 Å². The Morgan fingerprint density at radius 2 is 1.79 bits per heavy atom. The van der Waals surface area contributed by atoms with E-state index in [1.54, 1.807) is 31.4 Å². The first-order valence-corrected chi connectivity index (χ1v) is 8.46. The van der Waals surface area contributed by atoms with Crippen LogP contribution in [0.5, 0.6) is 5.75 Å². The minimum atomic E-state index is -0.201. The number of quaternary nitrogens is 1. The molecule has 0 aliphatic rings. The number of ether oxygens (including phenoxy) is 1. The van der Waals surface area contributed by atoms with Gasteiger partial charge in [-0.25, -0.2) is 0 Å². The lowest BCUT2D eigenvalue weighted by Gasteiger charge is -2.19. The zero-order valence-corrected chi connectivity index (χ0v) is 15.0. The van der Waals surface area contributed by atoms with Gasteiger partial charge in [0.05, 0.1) is 7.11 Å². The Hall–Kier alpha value is -2.04. The normalized spacial score (nSPS) is 13.2. The average Bonchev–Trinajstić information content (AvgIpc) is 2.61. The highest BCUT2D eigenvalue weighted by Gasteiger charge is 2.22. The zero-order valence-electron chi connectivity index (χ0n) is 14.3. The van der Waals surface area contributed by atoms with Crippen molar-refractivity contribution in [3.8, 4) is 5.75 Å². The fourth-order valence-corrected chi connectivity index (χ4v) is 2.69. The number of nitrogens with two attached hydrogens (primary N) is 1. The summed E-state index contributed by atoms with van der Waals surface area (Å²) in [6.07, 6.45) is 0.935. The molecule has 4 nitrogen and oxygen atoms in total. The van der Waals surface area contributed by atoms with Crippen LogP contribution in [-0.2, 0) is 4.79 Å². The molecule has 0 saturated heterocycles. The molecule has 1 amide bonds. The highest BCUT2D eigenvalue weighted by Crippen LogP contribution is 2.17. The third-order valence-corrected chi connectivity index (χ3v) is 4.28. The second-order valence-electron chi connectivity index (χ2n) is 5.77. The third kappa shape index (κ3) is 4.98. The number of benzene rings is 2. The molecule has 2 aromatic carbocycles. The number of nitrogens with one attached hydrogen (secondary N) is 1. The van der Waals surface area contributed by atoms with Gasteiger partial charge in [0, 0.05) is 22.7 Å². The fraction of sp³-hybridized carbons (Fsp3) is 0.316. The molecule has 2 aromatic rings. The fourth-order valence-electron chi connectivity index (χ4n) is 2.56. The SMILES string of the molecule is CC[C@H]([NH2+][C@@H](C)C(=O)Nc1ccc(Cl)cc1)c1ccc(OC)cc1. The second kappa shape index (κ2) is 8.71. The highest BCUT2D eigenvalue weighted by atomic mass is 35.5. The number of amides is 1. The number of methoxy groups -OCH3 is 1. The summed E-state index contributed by atoms with van der Waals surface area (Å²) >= 11 is 5.86. The molecule has 2 atom stereocenters. The van der Waals surface area contributed by atoms with Crippen molar-refractivity contribution >= 4 is 23.2 Å². The van der Waals surface area contributed by atoms with Crippen molar-refractivity contribution in [2.24, 2.45) is 0 Å². The monoisotopic (exact) mass is 347 g/mol. The van der Waals surface area contributed by atoms with Crippen LogP contribution in [0.4, 0.5) is 5.69 Å². The van der Waals surface area contributed by atoms with Gasteiger partial charge in [-0.2, -0.15) is 0 Å². The number of anilines is 1. The van der Waals surface area contributed by atoms with Crippen LogP contribution in [0.2, 0.25) is 5.02 Å². The number of carbonyl (C=O) groups is 1. The summed E-state index contributed by atoms with van der Waals surface area (Å²) in [5, 5.41) is 5.66. The van der Waals surface area contributed by atoms with Crippen molar-refractivity contribution in [2.75, 3.05) is 12.4 Å². The Morgan fingerprint density at radius 1 is 1.17 bits per heavy atom. The van der Waals surface area contributed by atoms with E-state index in [9.17, 15) is 4.79 Å². The number of halogens is 1. The van der Waals surface area contributed by atoms with Crippen LogP contribution in [0.25, 0.3) is 0 Å². The van der Waals surface area contributed by atoms with Gasteiger partial charge >= 0.3 is 0 Å². The van der Waals surface area contributed by atoms with Gasteiger partial charge in [0.25, 0.3) is 5.91 Å². The van der Waals surface area contributed by atoms with Crippen LogP contribution >= 0.6 is 11.6 Å². The van der Waals surface area contributed by atoms with Crippen LogP contribution in [0, 0.1) is 0 Å². The maximum absolute atomic E-state index is 12.4. The molecular weight excluding hydrogens is 324 g/mol. The molecule has 5 heteroatoms. The van der Waals surface area contributed by atoms with Gasteiger partial charge in [-0.1, -0.05) is 18.5 Å². The van der Waals surface area contributed by atoms with E-state index < -0.39 is 0 Å². The second-order valence-corrected chi connectivity index (χ2v) is 6.20. The summed E-state index contributed by atoms with van der Waals surface area (Å²) in [7, 11) is 1.65. The van der Waals surface area contributed by atoms with Crippen molar-refractivity contribution in [3.05, 3.63) is 59.1 Å². The van der Waals surface area contributed by atoms with E-state index in [-0.39, 0.29) is 18.0 Å². The molecule has 3 N–H and O–H groups in total. The molecule has 0 aliphatic heterocycles. The molecule has 2 rings (SSSR count).